The molecule has 0 aromatic heterocycles. The molecule has 0 amide bonds. The van der Waals surface area contributed by atoms with Gasteiger partial charge < -0.3 is 14.8 Å². The highest BCUT2D eigenvalue weighted by Crippen LogP contribution is 2.26. The molecule has 0 aliphatic rings. The van der Waals surface area contributed by atoms with Gasteiger partial charge in [-0.2, -0.15) is 0 Å². The monoisotopic (exact) mass is 361 g/mol. The van der Waals surface area contributed by atoms with Crippen molar-refractivity contribution in [1.29, 1.82) is 0 Å². The Labute approximate surface area is 154 Å². The minimum atomic E-state index is 0.117. The smallest absolute Gasteiger partial charge is 0.162 e. The number of carbonyl (C=O) groups is 1. The molecule has 0 aliphatic carbocycles. The number of hydrogen-bond donors (Lipinski definition) is 1. The van der Waals surface area contributed by atoms with E-state index in [2.05, 4.69) is 5.32 Å². The van der Waals surface area contributed by atoms with Gasteiger partial charge in [-0.3, -0.25) is 4.79 Å². The Morgan fingerprint density at radius 3 is 2.52 bits per heavy atom. The van der Waals surface area contributed by atoms with Crippen LogP contribution < -0.4 is 14.8 Å². The Bertz CT molecular complexity index is 675. The Kier molecular flexibility index (Phi) is 8.29. The van der Waals surface area contributed by atoms with Crippen LogP contribution in [0.25, 0.3) is 0 Å². The first-order chi connectivity index (χ1) is 12.2. The van der Waals surface area contributed by atoms with Crippen LogP contribution >= 0.6 is 11.6 Å². The van der Waals surface area contributed by atoms with Gasteiger partial charge in [0.15, 0.2) is 17.3 Å². The summed E-state index contributed by atoms with van der Waals surface area (Å²) in [6.07, 6.45) is 1.28. The van der Waals surface area contributed by atoms with Crippen LogP contribution in [-0.2, 0) is 0 Å². The average Bonchev–Trinajstić information content (AvgIpc) is 2.62. The van der Waals surface area contributed by atoms with E-state index in [0.717, 1.165) is 24.5 Å². The lowest BCUT2D eigenvalue weighted by Crippen LogP contribution is -2.22. The molecule has 134 valence electrons. The quantitative estimate of drug-likeness (QED) is 0.477. The number of nitrogens with one attached hydrogen (secondary N) is 1. The molecule has 0 saturated heterocycles. The van der Waals surface area contributed by atoms with Crippen LogP contribution in [0, 0.1) is 0 Å². The minimum Gasteiger partial charge on any atom is -0.490 e. The summed E-state index contributed by atoms with van der Waals surface area (Å²) in [6.45, 7) is 4.59. The summed E-state index contributed by atoms with van der Waals surface area (Å²) in [7, 11) is 0. The van der Waals surface area contributed by atoms with Crippen LogP contribution in [0.4, 0.5) is 0 Å². The third kappa shape index (κ3) is 6.77. The topological polar surface area (TPSA) is 47.6 Å². The highest BCUT2D eigenvalue weighted by molar-refractivity contribution is 6.31. The lowest BCUT2D eigenvalue weighted by atomic mass is 10.1. The summed E-state index contributed by atoms with van der Waals surface area (Å²) in [5, 5.41) is 3.87. The Balaban J connectivity index is 1.60. The van der Waals surface area contributed by atoms with Gasteiger partial charge in [-0.05, 0) is 44.2 Å². The standard InChI is InChI=1S/C20H24ClNO3/c1-2-24-19-10-3-4-11-20(19)25-14-13-22-12-6-9-18(23)16-7-5-8-17(21)15-16/h3-5,7-8,10-11,15,22H,2,6,9,12-14H2,1H3. The van der Waals surface area contributed by atoms with Crippen molar-refractivity contribution in [3.8, 4) is 11.5 Å². The summed E-state index contributed by atoms with van der Waals surface area (Å²) < 4.78 is 11.2. The van der Waals surface area contributed by atoms with Gasteiger partial charge in [-0.15, -0.1) is 0 Å². The van der Waals surface area contributed by atoms with Crippen LogP contribution in [0.5, 0.6) is 11.5 Å². The maximum absolute atomic E-state index is 12.0. The third-order valence-corrected chi connectivity index (χ3v) is 3.82. The average molecular weight is 362 g/mol. The van der Waals surface area contributed by atoms with Crippen LogP contribution in [0.3, 0.4) is 0 Å². The molecule has 2 aromatic rings. The molecule has 0 atom stereocenters. The van der Waals surface area contributed by atoms with E-state index in [1.54, 1.807) is 24.3 Å². The molecule has 5 heteroatoms. The van der Waals surface area contributed by atoms with E-state index in [9.17, 15) is 4.79 Å². The number of benzene rings is 2. The van der Waals surface area contributed by atoms with Gasteiger partial charge >= 0.3 is 0 Å². The first-order valence-electron chi connectivity index (χ1n) is 8.55. The fraction of sp³-hybridized carbons (Fsp3) is 0.350. The zero-order valence-electron chi connectivity index (χ0n) is 14.5. The number of rotatable bonds is 11. The maximum atomic E-state index is 12.0. The highest BCUT2D eigenvalue weighted by Gasteiger charge is 2.06. The first kappa shape index (κ1) is 19.3. The van der Waals surface area contributed by atoms with Crippen LogP contribution in [-0.4, -0.2) is 32.1 Å². The van der Waals surface area contributed by atoms with E-state index in [-0.39, 0.29) is 5.78 Å². The summed E-state index contributed by atoms with van der Waals surface area (Å²) in [4.78, 5) is 12.0. The van der Waals surface area contributed by atoms with Gasteiger partial charge in [0.25, 0.3) is 0 Å². The number of hydrogen-bond acceptors (Lipinski definition) is 4. The molecule has 2 aromatic carbocycles. The maximum Gasteiger partial charge on any atom is 0.162 e. The Morgan fingerprint density at radius 2 is 1.80 bits per heavy atom. The van der Waals surface area contributed by atoms with Crippen LogP contribution in [0.15, 0.2) is 48.5 Å². The van der Waals surface area contributed by atoms with E-state index in [0.29, 0.717) is 36.8 Å². The van der Waals surface area contributed by atoms with E-state index in [4.69, 9.17) is 21.1 Å². The molecular formula is C20H24ClNO3. The molecule has 0 fully saturated rings. The number of carbonyl (C=O) groups excluding carboxylic acids is 1. The molecule has 0 radical (unpaired) electrons. The van der Waals surface area contributed by atoms with Gasteiger partial charge in [-0.25, -0.2) is 0 Å². The second-order valence-electron chi connectivity index (χ2n) is 5.52. The number of Topliss-reactive ketones (excluding diaryl/α,β-unsaturated/α-hetero) is 1. The Hall–Kier alpha value is -2.04. The van der Waals surface area contributed by atoms with Crippen molar-refractivity contribution in [1.82, 2.24) is 5.32 Å². The molecule has 0 spiro atoms. The number of halogens is 1. The third-order valence-electron chi connectivity index (χ3n) is 3.59. The first-order valence-corrected chi connectivity index (χ1v) is 8.92. The van der Waals surface area contributed by atoms with Crippen molar-refractivity contribution < 1.29 is 14.3 Å². The minimum absolute atomic E-state index is 0.117. The van der Waals surface area contributed by atoms with Gasteiger partial charge in [0.2, 0.25) is 0 Å². The largest absolute Gasteiger partial charge is 0.490 e. The predicted molar refractivity (Wildman–Crippen MR) is 101 cm³/mol. The number of ether oxygens (including phenoxy) is 2. The summed E-state index contributed by atoms with van der Waals surface area (Å²) >= 11 is 5.90. The lowest BCUT2D eigenvalue weighted by Gasteiger charge is -2.11. The summed E-state index contributed by atoms with van der Waals surface area (Å²) in [5.41, 5.74) is 0.670. The molecule has 0 unspecified atom stereocenters. The Morgan fingerprint density at radius 1 is 1.04 bits per heavy atom. The summed E-state index contributed by atoms with van der Waals surface area (Å²) in [6, 6.07) is 14.7. The van der Waals surface area contributed by atoms with E-state index in [1.807, 2.05) is 31.2 Å². The number of para-hydroxylation sites is 2. The summed E-state index contributed by atoms with van der Waals surface area (Å²) in [5.74, 6) is 1.63. The zero-order chi connectivity index (χ0) is 17.9. The molecule has 0 saturated carbocycles. The van der Waals surface area contributed by atoms with Crippen LogP contribution in [0.2, 0.25) is 5.02 Å². The molecule has 25 heavy (non-hydrogen) atoms. The molecule has 0 heterocycles. The fourth-order valence-electron chi connectivity index (χ4n) is 2.38. The van der Waals surface area contributed by atoms with Crippen molar-refractivity contribution in [2.75, 3.05) is 26.3 Å². The second-order valence-corrected chi connectivity index (χ2v) is 5.95. The lowest BCUT2D eigenvalue weighted by molar-refractivity contribution is 0.0980. The van der Waals surface area contributed by atoms with Gasteiger partial charge in [-0.1, -0.05) is 35.9 Å². The molecule has 0 bridgehead atoms. The van der Waals surface area contributed by atoms with Crippen LogP contribution in [0.1, 0.15) is 30.1 Å². The van der Waals surface area contributed by atoms with Gasteiger partial charge in [0.05, 0.1) is 6.61 Å². The van der Waals surface area contributed by atoms with E-state index in [1.165, 1.54) is 0 Å². The fourth-order valence-corrected chi connectivity index (χ4v) is 2.57. The van der Waals surface area contributed by atoms with Gasteiger partial charge in [0.1, 0.15) is 6.61 Å². The molecule has 2 rings (SSSR count). The van der Waals surface area contributed by atoms with Crippen molar-refractivity contribution in [3.63, 3.8) is 0 Å². The SMILES string of the molecule is CCOc1ccccc1OCCNCCCC(=O)c1cccc(Cl)c1. The molecule has 4 nitrogen and oxygen atoms in total. The van der Waals surface area contributed by atoms with E-state index >= 15 is 0 Å². The van der Waals surface area contributed by atoms with E-state index < -0.39 is 0 Å². The molecule has 1 N–H and O–H groups in total. The zero-order valence-corrected chi connectivity index (χ0v) is 15.2. The van der Waals surface area contributed by atoms with Gasteiger partial charge in [0, 0.05) is 23.6 Å². The highest BCUT2D eigenvalue weighted by atomic mass is 35.5. The van der Waals surface area contributed by atoms with Crippen molar-refractivity contribution >= 4 is 17.4 Å². The predicted octanol–water partition coefficient (Wildman–Crippen LogP) is 4.37. The second kappa shape index (κ2) is 10.7. The molecule has 0 aliphatic heterocycles. The molecular weight excluding hydrogens is 338 g/mol. The van der Waals surface area contributed by atoms with Crippen molar-refractivity contribution in [3.05, 3.63) is 59.1 Å². The van der Waals surface area contributed by atoms with Crippen molar-refractivity contribution in [2.45, 2.75) is 19.8 Å². The number of ketones is 1. The normalized spacial score (nSPS) is 10.5. The van der Waals surface area contributed by atoms with Crippen molar-refractivity contribution in [2.24, 2.45) is 0 Å².